The molecular formula is C23H27N5OS. The van der Waals surface area contributed by atoms with Gasteiger partial charge in [-0.25, -0.2) is 0 Å². The van der Waals surface area contributed by atoms with E-state index in [9.17, 15) is 4.79 Å². The Bertz CT molecular complexity index is 899. The molecule has 0 bridgehead atoms. The minimum Gasteiger partial charge on any atom is -0.299 e. The monoisotopic (exact) mass is 421 g/mol. The summed E-state index contributed by atoms with van der Waals surface area (Å²) in [6, 6.07) is 21.5. The predicted molar refractivity (Wildman–Crippen MR) is 121 cm³/mol. The lowest BCUT2D eigenvalue weighted by molar-refractivity contribution is -0.117. The van der Waals surface area contributed by atoms with Crippen LogP contribution in [0, 0.1) is 0 Å². The average molecular weight is 422 g/mol. The maximum Gasteiger partial charge on any atom is 0.240 e. The molecule has 1 saturated heterocycles. The number of carbonyl (C=O) groups is 1. The molecule has 1 amide bonds. The molecule has 30 heavy (non-hydrogen) atoms. The van der Waals surface area contributed by atoms with Gasteiger partial charge < -0.3 is 0 Å². The SMILES string of the molecule is CCc1nnc(NC(=O)CN2CCN(C(c3ccccc3)c3ccccc3)CC2)s1. The zero-order chi connectivity index (χ0) is 20.8. The summed E-state index contributed by atoms with van der Waals surface area (Å²) in [4.78, 5) is 17.1. The van der Waals surface area contributed by atoms with Crippen molar-refractivity contribution < 1.29 is 4.79 Å². The summed E-state index contributed by atoms with van der Waals surface area (Å²) >= 11 is 1.44. The average Bonchev–Trinajstić information content (AvgIpc) is 3.24. The summed E-state index contributed by atoms with van der Waals surface area (Å²) in [5.41, 5.74) is 2.61. The highest BCUT2D eigenvalue weighted by Crippen LogP contribution is 2.29. The van der Waals surface area contributed by atoms with Crippen LogP contribution in [0.1, 0.15) is 29.1 Å². The fourth-order valence-corrected chi connectivity index (χ4v) is 4.57. The third-order valence-corrected chi connectivity index (χ3v) is 6.37. The maximum atomic E-state index is 12.4. The summed E-state index contributed by atoms with van der Waals surface area (Å²) < 4.78 is 0. The van der Waals surface area contributed by atoms with Gasteiger partial charge in [0.1, 0.15) is 5.01 Å². The molecule has 6 nitrogen and oxygen atoms in total. The molecule has 3 aromatic rings. The van der Waals surface area contributed by atoms with E-state index < -0.39 is 0 Å². The van der Waals surface area contributed by atoms with Crippen LogP contribution in [0.25, 0.3) is 0 Å². The minimum atomic E-state index is -0.0232. The van der Waals surface area contributed by atoms with Gasteiger partial charge in [0.05, 0.1) is 12.6 Å². The Labute approximate surface area is 181 Å². The van der Waals surface area contributed by atoms with E-state index in [4.69, 9.17) is 0 Å². The zero-order valence-corrected chi connectivity index (χ0v) is 18.0. The predicted octanol–water partition coefficient (Wildman–Crippen LogP) is 3.45. The first-order valence-electron chi connectivity index (χ1n) is 10.4. The highest BCUT2D eigenvalue weighted by atomic mass is 32.1. The first-order chi connectivity index (χ1) is 14.7. The van der Waals surface area contributed by atoms with Crippen LogP contribution < -0.4 is 5.32 Å². The smallest absolute Gasteiger partial charge is 0.240 e. The molecule has 1 aromatic heterocycles. The fraction of sp³-hybridized carbons (Fsp3) is 0.348. The number of benzene rings is 2. The third-order valence-electron chi connectivity index (χ3n) is 5.39. The molecule has 2 aromatic carbocycles. The van der Waals surface area contributed by atoms with E-state index in [2.05, 4.69) is 86.0 Å². The summed E-state index contributed by atoms with van der Waals surface area (Å²) in [5.74, 6) is -0.0232. The van der Waals surface area contributed by atoms with Crippen LogP contribution in [-0.2, 0) is 11.2 Å². The standard InChI is InChI=1S/C23H27N5OS/c1-2-21-25-26-23(30-21)24-20(29)17-27-13-15-28(16-14-27)22(18-9-5-3-6-10-18)19-11-7-4-8-12-19/h3-12,22H,2,13-17H2,1H3,(H,24,26,29). The molecule has 0 unspecified atom stereocenters. The van der Waals surface area contributed by atoms with Crippen molar-refractivity contribution in [2.45, 2.75) is 19.4 Å². The summed E-state index contributed by atoms with van der Waals surface area (Å²) in [7, 11) is 0. The second-order valence-corrected chi connectivity index (χ2v) is 8.50. The number of hydrogen-bond donors (Lipinski definition) is 1. The topological polar surface area (TPSA) is 61.4 Å². The molecule has 1 N–H and O–H groups in total. The van der Waals surface area contributed by atoms with E-state index in [1.807, 2.05) is 6.92 Å². The summed E-state index contributed by atoms with van der Waals surface area (Å²) in [6.45, 7) is 5.97. The normalized spacial score (nSPS) is 15.4. The van der Waals surface area contributed by atoms with Crippen LogP contribution in [0.4, 0.5) is 5.13 Å². The van der Waals surface area contributed by atoms with Crippen molar-refractivity contribution in [1.82, 2.24) is 20.0 Å². The van der Waals surface area contributed by atoms with Crippen LogP contribution in [-0.4, -0.2) is 58.6 Å². The quantitative estimate of drug-likeness (QED) is 0.633. The number of aromatic nitrogens is 2. The number of amides is 1. The second kappa shape index (κ2) is 9.93. The highest BCUT2D eigenvalue weighted by molar-refractivity contribution is 7.15. The Hall–Kier alpha value is -2.61. The Morgan fingerprint density at radius 1 is 0.967 bits per heavy atom. The van der Waals surface area contributed by atoms with Gasteiger partial charge in [-0.1, -0.05) is 78.9 Å². The molecule has 0 spiro atoms. The van der Waals surface area contributed by atoms with Crippen molar-refractivity contribution in [1.29, 1.82) is 0 Å². The molecule has 0 atom stereocenters. The lowest BCUT2D eigenvalue weighted by Crippen LogP contribution is -2.49. The van der Waals surface area contributed by atoms with Gasteiger partial charge in [0.2, 0.25) is 11.0 Å². The Morgan fingerprint density at radius 2 is 1.57 bits per heavy atom. The highest BCUT2D eigenvalue weighted by Gasteiger charge is 2.27. The third kappa shape index (κ3) is 5.11. The van der Waals surface area contributed by atoms with Gasteiger partial charge in [-0.15, -0.1) is 10.2 Å². The van der Waals surface area contributed by atoms with Gasteiger partial charge in [-0.2, -0.15) is 0 Å². The van der Waals surface area contributed by atoms with Gasteiger partial charge >= 0.3 is 0 Å². The summed E-state index contributed by atoms with van der Waals surface area (Å²) in [5, 5.41) is 12.5. The molecule has 2 heterocycles. The van der Waals surface area contributed by atoms with Crippen molar-refractivity contribution in [3.8, 4) is 0 Å². The van der Waals surface area contributed by atoms with E-state index in [1.54, 1.807) is 0 Å². The van der Waals surface area contributed by atoms with Crippen molar-refractivity contribution in [3.63, 3.8) is 0 Å². The number of aryl methyl sites for hydroxylation is 1. The van der Waals surface area contributed by atoms with E-state index in [0.29, 0.717) is 11.7 Å². The van der Waals surface area contributed by atoms with E-state index in [0.717, 1.165) is 37.6 Å². The van der Waals surface area contributed by atoms with Gasteiger partial charge in [-0.05, 0) is 17.5 Å². The zero-order valence-electron chi connectivity index (χ0n) is 17.2. The minimum absolute atomic E-state index is 0.0232. The van der Waals surface area contributed by atoms with Crippen molar-refractivity contribution in [2.75, 3.05) is 38.0 Å². The van der Waals surface area contributed by atoms with Crippen molar-refractivity contribution >= 4 is 22.4 Å². The molecular weight excluding hydrogens is 394 g/mol. The first-order valence-corrected chi connectivity index (χ1v) is 11.2. The number of piperazine rings is 1. The van der Waals surface area contributed by atoms with Gasteiger partial charge in [-0.3, -0.25) is 19.9 Å². The molecule has 1 aliphatic rings. The fourth-order valence-electron chi connectivity index (χ4n) is 3.87. The number of hydrogen-bond acceptors (Lipinski definition) is 6. The van der Waals surface area contributed by atoms with Gasteiger partial charge in [0, 0.05) is 26.2 Å². The number of nitrogens with one attached hydrogen (secondary N) is 1. The first kappa shape index (κ1) is 20.7. The van der Waals surface area contributed by atoms with Crippen LogP contribution in [0.3, 0.4) is 0 Å². The van der Waals surface area contributed by atoms with E-state index in [-0.39, 0.29) is 11.9 Å². The second-order valence-electron chi connectivity index (χ2n) is 7.44. The number of carbonyl (C=O) groups excluding carboxylic acids is 1. The largest absolute Gasteiger partial charge is 0.299 e. The van der Waals surface area contributed by atoms with Gasteiger partial charge in [0.15, 0.2) is 0 Å². The Kier molecular flexibility index (Phi) is 6.84. The molecule has 7 heteroatoms. The van der Waals surface area contributed by atoms with E-state index in [1.165, 1.54) is 22.5 Å². The van der Waals surface area contributed by atoms with Crippen LogP contribution >= 0.6 is 11.3 Å². The molecule has 4 rings (SSSR count). The lowest BCUT2D eigenvalue weighted by atomic mass is 9.96. The van der Waals surface area contributed by atoms with Gasteiger partial charge in [0.25, 0.3) is 0 Å². The molecule has 1 fully saturated rings. The lowest BCUT2D eigenvalue weighted by Gasteiger charge is -2.39. The van der Waals surface area contributed by atoms with Crippen LogP contribution in [0.2, 0.25) is 0 Å². The summed E-state index contributed by atoms with van der Waals surface area (Å²) in [6.07, 6.45) is 0.833. The maximum absolute atomic E-state index is 12.4. The molecule has 156 valence electrons. The Morgan fingerprint density at radius 3 is 2.10 bits per heavy atom. The number of nitrogens with zero attached hydrogens (tertiary/aromatic N) is 4. The molecule has 0 aliphatic carbocycles. The molecule has 0 saturated carbocycles. The molecule has 0 radical (unpaired) electrons. The van der Waals surface area contributed by atoms with Crippen LogP contribution in [0.15, 0.2) is 60.7 Å². The Balaban J connectivity index is 1.37. The number of rotatable bonds is 7. The van der Waals surface area contributed by atoms with Crippen molar-refractivity contribution in [3.05, 3.63) is 76.8 Å². The van der Waals surface area contributed by atoms with E-state index >= 15 is 0 Å². The molecule has 1 aliphatic heterocycles. The number of anilines is 1. The van der Waals surface area contributed by atoms with Crippen LogP contribution in [0.5, 0.6) is 0 Å². The van der Waals surface area contributed by atoms with Crippen molar-refractivity contribution in [2.24, 2.45) is 0 Å².